The van der Waals surface area contributed by atoms with Crippen molar-refractivity contribution in [1.29, 1.82) is 0 Å². The summed E-state index contributed by atoms with van der Waals surface area (Å²) in [5.41, 5.74) is 4.43. The van der Waals surface area contributed by atoms with Crippen molar-refractivity contribution in [3.05, 3.63) is 87.6 Å². The molecule has 2 aromatic heterocycles. The molecule has 1 unspecified atom stereocenters. The zero-order valence-electron chi connectivity index (χ0n) is 14.4. The van der Waals surface area contributed by atoms with Crippen LogP contribution in [0.15, 0.2) is 59.7 Å². The van der Waals surface area contributed by atoms with Crippen LogP contribution in [0.4, 0.5) is 0 Å². The maximum absolute atomic E-state index is 12.8. The van der Waals surface area contributed by atoms with E-state index in [2.05, 4.69) is 40.1 Å². The minimum atomic E-state index is 0.00562. The molecule has 5 nitrogen and oxygen atoms in total. The predicted octanol–water partition coefficient (Wildman–Crippen LogP) is 2.74. The van der Waals surface area contributed by atoms with Gasteiger partial charge in [0.15, 0.2) is 0 Å². The SMILES string of the molecule is CC(c1ccccc1)n1[nH]c2c(c1=O)CCN(Cc1cccnc1)C2. The molecular formula is C20H22N4O. The highest BCUT2D eigenvalue weighted by molar-refractivity contribution is 5.24. The quantitative estimate of drug-likeness (QED) is 0.798. The van der Waals surface area contributed by atoms with Crippen molar-refractivity contribution in [2.45, 2.75) is 32.5 Å². The Morgan fingerprint density at radius 3 is 2.80 bits per heavy atom. The molecule has 0 spiro atoms. The van der Waals surface area contributed by atoms with Gasteiger partial charge < -0.3 is 0 Å². The number of nitrogens with zero attached hydrogens (tertiary/aromatic N) is 3. The summed E-state index contributed by atoms with van der Waals surface area (Å²) in [6.07, 6.45) is 4.49. The van der Waals surface area contributed by atoms with Crippen molar-refractivity contribution >= 4 is 0 Å². The smallest absolute Gasteiger partial charge is 0.270 e. The van der Waals surface area contributed by atoms with Crippen LogP contribution in [0.5, 0.6) is 0 Å². The van der Waals surface area contributed by atoms with E-state index < -0.39 is 0 Å². The molecule has 4 rings (SSSR count). The zero-order chi connectivity index (χ0) is 17.2. The Kier molecular flexibility index (Phi) is 4.24. The van der Waals surface area contributed by atoms with Crippen molar-refractivity contribution < 1.29 is 0 Å². The second-order valence-corrected chi connectivity index (χ2v) is 6.65. The summed E-state index contributed by atoms with van der Waals surface area (Å²) in [6.45, 7) is 4.59. The van der Waals surface area contributed by atoms with Crippen LogP contribution >= 0.6 is 0 Å². The van der Waals surface area contributed by atoms with Gasteiger partial charge >= 0.3 is 0 Å². The number of H-pyrrole nitrogens is 1. The summed E-state index contributed by atoms with van der Waals surface area (Å²) in [5, 5.41) is 3.36. The van der Waals surface area contributed by atoms with Crippen molar-refractivity contribution in [3.63, 3.8) is 0 Å². The summed E-state index contributed by atoms with van der Waals surface area (Å²) < 4.78 is 1.77. The fraction of sp³-hybridized carbons (Fsp3) is 0.300. The molecule has 1 N–H and O–H groups in total. The van der Waals surface area contributed by atoms with Crippen molar-refractivity contribution in [2.75, 3.05) is 6.54 Å². The van der Waals surface area contributed by atoms with E-state index in [4.69, 9.17) is 0 Å². The third-order valence-electron chi connectivity index (χ3n) is 4.95. The van der Waals surface area contributed by atoms with E-state index in [1.165, 1.54) is 5.56 Å². The average molecular weight is 334 g/mol. The van der Waals surface area contributed by atoms with Crippen LogP contribution < -0.4 is 5.56 Å². The monoisotopic (exact) mass is 334 g/mol. The van der Waals surface area contributed by atoms with Gasteiger partial charge in [0.2, 0.25) is 0 Å². The molecule has 128 valence electrons. The number of aromatic nitrogens is 3. The second-order valence-electron chi connectivity index (χ2n) is 6.65. The molecule has 0 fully saturated rings. The van der Waals surface area contributed by atoms with Gasteiger partial charge in [0.25, 0.3) is 5.56 Å². The van der Waals surface area contributed by atoms with Gasteiger partial charge in [-0.1, -0.05) is 36.4 Å². The molecule has 3 aromatic rings. The van der Waals surface area contributed by atoms with Crippen molar-refractivity contribution in [3.8, 4) is 0 Å². The summed E-state index contributed by atoms with van der Waals surface area (Å²) in [7, 11) is 0. The molecule has 25 heavy (non-hydrogen) atoms. The fourth-order valence-electron chi connectivity index (χ4n) is 3.54. The van der Waals surface area contributed by atoms with Gasteiger partial charge in [-0.3, -0.25) is 19.8 Å². The minimum Gasteiger partial charge on any atom is -0.298 e. The molecule has 0 aliphatic carbocycles. The summed E-state index contributed by atoms with van der Waals surface area (Å²) in [4.78, 5) is 19.3. The predicted molar refractivity (Wildman–Crippen MR) is 97.4 cm³/mol. The Morgan fingerprint density at radius 2 is 2.04 bits per heavy atom. The molecular weight excluding hydrogens is 312 g/mol. The lowest BCUT2D eigenvalue weighted by molar-refractivity contribution is 0.241. The topological polar surface area (TPSA) is 53.9 Å². The Labute approximate surface area is 146 Å². The van der Waals surface area contributed by atoms with E-state index in [1.54, 1.807) is 10.9 Å². The highest BCUT2D eigenvalue weighted by atomic mass is 16.1. The highest BCUT2D eigenvalue weighted by Crippen LogP contribution is 2.20. The molecule has 1 aliphatic heterocycles. The largest absolute Gasteiger partial charge is 0.298 e. The maximum Gasteiger partial charge on any atom is 0.270 e. The van der Waals surface area contributed by atoms with Crippen LogP contribution in [0.3, 0.4) is 0 Å². The molecule has 0 bridgehead atoms. The Bertz CT molecular complexity index is 898. The van der Waals surface area contributed by atoms with Gasteiger partial charge in [0.05, 0.1) is 11.7 Å². The molecule has 1 atom stereocenters. The van der Waals surface area contributed by atoms with Gasteiger partial charge in [0, 0.05) is 37.6 Å². The van der Waals surface area contributed by atoms with Gasteiger partial charge in [-0.15, -0.1) is 0 Å². The van der Waals surface area contributed by atoms with Crippen LogP contribution in [0.1, 0.15) is 35.3 Å². The van der Waals surface area contributed by atoms with E-state index in [0.29, 0.717) is 0 Å². The van der Waals surface area contributed by atoms with Crippen molar-refractivity contribution in [1.82, 2.24) is 19.7 Å². The van der Waals surface area contributed by atoms with E-state index in [0.717, 1.165) is 42.9 Å². The lowest BCUT2D eigenvalue weighted by Crippen LogP contribution is -2.32. The molecule has 0 saturated carbocycles. The van der Waals surface area contributed by atoms with Gasteiger partial charge in [-0.25, -0.2) is 4.68 Å². The first-order valence-electron chi connectivity index (χ1n) is 8.71. The lowest BCUT2D eigenvalue weighted by atomic mass is 10.1. The standard InChI is InChI=1S/C20H22N4O/c1-15(17-7-3-2-4-8-17)24-20(25)18-9-11-23(14-19(18)22-24)13-16-6-5-10-21-12-16/h2-8,10,12,15,22H,9,11,13-14H2,1H3. The number of rotatable bonds is 4. The van der Waals surface area contributed by atoms with E-state index >= 15 is 0 Å². The van der Waals surface area contributed by atoms with E-state index in [1.807, 2.05) is 30.5 Å². The van der Waals surface area contributed by atoms with Gasteiger partial charge in [-0.2, -0.15) is 0 Å². The lowest BCUT2D eigenvalue weighted by Gasteiger charge is -2.25. The summed E-state index contributed by atoms with van der Waals surface area (Å²) >= 11 is 0. The normalized spacial score (nSPS) is 15.7. The van der Waals surface area contributed by atoms with Crippen LogP contribution in [0, 0.1) is 0 Å². The number of aromatic amines is 1. The Balaban J connectivity index is 1.57. The Morgan fingerprint density at radius 1 is 1.20 bits per heavy atom. The minimum absolute atomic E-state index is 0.00562. The molecule has 0 saturated heterocycles. The number of nitrogens with one attached hydrogen (secondary N) is 1. The van der Waals surface area contributed by atoms with Crippen LogP contribution in [-0.2, 0) is 19.5 Å². The number of hydrogen-bond donors (Lipinski definition) is 1. The van der Waals surface area contributed by atoms with Gasteiger partial charge in [-0.05, 0) is 30.5 Å². The second kappa shape index (κ2) is 6.69. The summed E-state index contributed by atoms with van der Waals surface area (Å²) in [5.74, 6) is 0. The van der Waals surface area contributed by atoms with E-state index in [-0.39, 0.29) is 11.6 Å². The number of pyridine rings is 1. The molecule has 3 heterocycles. The van der Waals surface area contributed by atoms with Gasteiger partial charge in [0.1, 0.15) is 0 Å². The fourth-order valence-corrected chi connectivity index (χ4v) is 3.54. The van der Waals surface area contributed by atoms with Crippen LogP contribution in [0.2, 0.25) is 0 Å². The number of hydrogen-bond acceptors (Lipinski definition) is 3. The molecule has 5 heteroatoms. The van der Waals surface area contributed by atoms with Crippen LogP contribution in [-0.4, -0.2) is 26.2 Å². The first-order valence-corrected chi connectivity index (χ1v) is 8.71. The molecule has 1 aliphatic rings. The highest BCUT2D eigenvalue weighted by Gasteiger charge is 2.24. The third-order valence-corrected chi connectivity index (χ3v) is 4.95. The Hall–Kier alpha value is -2.66. The first-order chi connectivity index (χ1) is 12.2. The number of benzene rings is 1. The molecule has 0 radical (unpaired) electrons. The first kappa shape index (κ1) is 15.8. The summed E-state index contributed by atoms with van der Waals surface area (Å²) in [6, 6.07) is 14.2. The molecule has 0 amide bonds. The zero-order valence-corrected chi connectivity index (χ0v) is 14.4. The van der Waals surface area contributed by atoms with E-state index in [9.17, 15) is 4.79 Å². The van der Waals surface area contributed by atoms with Crippen LogP contribution in [0.25, 0.3) is 0 Å². The molecule has 1 aromatic carbocycles. The maximum atomic E-state index is 12.8. The number of fused-ring (bicyclic) bond motifs is 1. The van der Waals surface area contributed by atoms with Crippen molar-refractivity contribution in [2.24, 2.45) is 0 Å². The third kappa shape index (κ3) is 3.15. The average Bonchev–Trinajstić information content (AvgIpc) is 2.99.